The van der Waals surface area contributed by atoms with E-state index in [2.05, 4.69) is 4.90 Å². The van der Waals surface area contributed by atoms with Gasteiger partial charge in [-0.2, -0.15) is 0 Å². The minimum absolute atomic E-state index is 0.163. The molecule has 0 amide bonds. The molecule has 7 heteroatoms. The predicted molar refractivity (Wildman–Crippen MR) is 66.2 cm³/mol. The average Bonchev–Trinajstić information content (AvgIpc) is 2.02. The molecule has 0 aromatic carbocycles. The second-order valence-corrected chi connectivity index (χ2v) is 5.00. The number of thioether (sulfide) groups is 2. The van der Waals surface area contributed by atoms with Crippen LogP contribution in [0, 0.1) is 10.8 Å². The molecule has 0 aromatic rings. The molecule has 0 rings (SSSR count). The van der Waals surface area contributed by atoms with Gasteiger partial charge in [-0.15, -0.1) is 0 Å². The van der Waals surface area contributed by atoms with E-state index < -0.39 is 0 Å². The second-order valence-electron chi connectivity index (χ2n) is 2.73. The van der Waals surface area contributed by atoms with Crippen LogP contribution in [-0.2, 0) is 0 Å². The third-order valence-electron chi connectivity index (χ3n) is 1.46. The van der Waals surface area contributed by atoms with Crippen molar-refractivity contribution in [3.63, 3.8) is 0 Å². The Morgan fingerprint density at radius 3 is 1.71 bits per heavy atom. The smallest absolute Gasteiger partial charge is 0.151 e. The summed E-state index contributed by atoms with van der Waals surface area (Å²) in [5.41, 5.74) is 10.4. The van der Waals surface area contributed by atoms with Gasteiger partial charge >= 0.3 is 0 Å². The topological polar surface area (TPSA) is 103 Å². The van der Waals surface area contributed by atoms with Crippen molar-refractivity contribution >= 4 is 33.9 Å². The molecular weight excluding hydrogens is 218 g/mol. The Labute approximate surface area is 93.0 Å². The van der Waals surface area contributed by atoms with E-state index in [1.54, 1.807) is 0 Å². The lowest BCUT2D eigenvalue weighted by Crippen LogP contribution is -2.25. The van der Waals surface area contributed by atoms with E-state index >= 15 is 0 Å². The number of nitrogens with two attached hydrogens (primary N) is 2. The van der Waals surface area contributed by atoms with Crippen molar-refractivity contribution in [3.8, 4) is 0 Å². The van der Waals surface area contributed by atoms with Crippen LogP contribution in [0.15, 0.2) is 0 Å². The van der Waals surface area contributed by atoms with Gasteiger partial charge in [0.1, 0.15) is 0 Å². The zero-order valence-electron chi connectivity index (χ0n) is 8.25. The molecule has 6 N–H and O–H groups in total. The van der Waals surface area contributed by atoms with Gasteiger partial charge in [-0.25, -0.2) is 0 Å². The van der Waals surface area contributed by atoms with Crippen LogP contribution >= 0.6 is 23.5 Å². The van der Waals surface area contributed by atoms with Gasteiger partial charge in [0.05, 0.1) is 0 Å². The van der Waals surface area contributed by atoms with Gasteiger partial charge in [0.25, 0.3) is 0 Å². The molecule has 0 radical (unpaired) electrons. The zero-order chi connectivity index (χ0) is 11.0. The summed E-state index contributed by atoms with van der Waals surface area (Å²) < 4.78 is 0. The molecule has 0 heterocycles. The van der Waals surface area contributed by atoms with Gasteiger partial charge < -0.3 is 16.4 Å². The van der Waals surface area contributed by atoms with Crippen LogP contribution in [0.4, 0.5) is 0 Å². The third-order valence-corrected chi connectivity index (χ3v) is 2.86. The molecule has 0 saturated carbocycles. The molecule has 0 spiro atoms. The molecule has 0 bridgehead atoms. The number of nitrogens with one attached hydrogen (secondary N) is 2. The Kier molecular flexibility index (Phi) is 7.73. The summed E-state index contributed by atoms with van der Waals surface area (Å²) in [5, 5.41) is 14.3. The lowest BCUT2D eigenvalue weighted by Gasteiger charge is -2.15. The highest BCUT2D eigenvalue weighted by molar-refractivity contribution is 8.13. The van der Waals surface area contributed by atoms with Gasteiger partial charge in [0.2, 0.25) is 0 Å². The minimum atomic E-state index is 0.163. The van der Waals surface area contributed by atoms with Crippen molar-refractivity contribution in [2.45, 2.75) is 0 Å². The summed E-state index contributed by atoms with van der Waals surface area (Å²) in [6.45, 7) is 1.78. The fraction of sp³-hybridized carbons (Fsp3) is 0.714. The Morgan fingerprint density at radius 2 is 1.43 bits per heavy atom. The van der Waals surface area contributed by atoms with E-state index in [-0.39, 0.29) is 10.3 Å². The highest BCUT2D eigenvalue weighted by Crippen LogP contribution is 2.01. The summed E-state index contributed by atoms with van der Waals surface area (Å²) in [7, 11) is 2.00. The SMILES string of the molecule is CN(CCSC(=N)N)CCSC(=N)N. The number of rotatable bonds is 6. The van der Waals surface area contributed by atoms with Crippen LogP contribution in [0.2, 0.25) is 0 Å². The molecule has 0 atom stereocenters. The van der Waals surface area contributed by atoms with Gasteiger partial charge in [-0.05, 0) is 7.05 Å². The van der Waals surface area contributed by atoms with Crippen molar-refractivity contribution in [1.29, 1.82) is 10.8 Å². The molecule has 82 valence electrons. The third kappa shape index (κ3) is 9.69. The van der Waals surface area contributed by atoms with Crippen LogP contribution in [0.25, 0.3) is 0 Å². The van der Waals surface area contributed by atoms with Crippen LogP contribution in [0.1, 0.15) is 0 Å². The first-order valence-electron chi connectivity index (χ1n) is 4.14. The van der Waals surface area contributed by atoms with Crippen molar-refractivity contribution in [2.75, 3.05) is 31.6 Å². The molecule has 0 fully saturated rings. The standard InChI is InChI=1S/C7H17N5S2/c1-12(2-4-13-6(8)9)3-5-14-7(10)11/h2-5H2,1H3,(H3,8,9)(H3,10,11). The Hall–Kier alpha value is -0.400. The molecule has 14 heavy (non-hydrogen) atoms. The molecule has 0 unspecified atom stereocenters. The fourth-order valence-corrected chi connectivity index (χ4v) is 1.98. The first-order valence-corrected chi connectivity index (χ1v) is 6.11. The fourth-order valence-electron chi connectivity index (χ4n) is 0.735. The van der Waals surface area contributed by atoms with Crippen LogP contribution < -0.4 is 11.5 Å². The van der Waals surface area contributed by atoms with E-state index in [1.807, 2.05) is 7.05 Å². The van der Waals surface area contributed by atoms with E-state index in [0.29, 0.717) is 0 Å². The highest BCUT2D eigenvalue weighted by Gasteiger charge is 1.99. The van der Waals surface area contributed by atoms with E-state index in [4.69, 9.17) is 22.3 Å². The molecule has 0 saturated heterocycles. The Balaban J connectivity index is 3.32. The lowest BCUT2D eigenvalue weighted by molar-refractivity contribution is 0.380. The first kappa shape index (κ1) is 13.6. The van der Waals surface area contributed by atoms with Gasteiger partial charge in [-0.3, -0.25) is 10.8 Å². The van der Waals surface area contributed by atoms with Crippen LogP contribution in [0.5, 0.6) is 0 Å². The van der Waals surface area contributed by atoms with Crippen molar-refractivity contribution in [1.82, 2.24) is 4.90 Å². The largest absolute Gasteiger partial charge is 0.379 e. The highest BCUT2D eigenvalue weighted by atomic mass is 32.2. The summed E-state index contributed by atoms with van der Waals surface area (Å²) in [4.78, 5) is 2.13. The van der Waals surface area contributed by atoms with Gasteiger partial charge in [0, 0.05) is 24.6 Å². The molecule has 5 nitrogen and oxygen atoms in total. The van der Waals surface area contributed by atoms with Gasteiger partial charge in [0.15, 0.2) is 10.3 Å². The molecule has 0 aliphatic rings. The number of nitrogens with zero attached hydrogens (tertiary/aromatic N) is 1. The van der Waals surface area contributed by atoms with Crippen LogP contribution in [0.3, 0.4) is 0 Å². The van der Waals surface area contributed by atoms with E-state index in [1.165, 1.54) is 23.5 Å². The van der Waals surface area contributed by atoms with E-state index in [0.717, 1.165) is 24.6 Å². The Morgan fingerprint density at radius 1 is 1.07 bits per heavy atom. The van der Waals surface area contributed by atoms with Crippen LogP contribution in [-0.4, -0.2) is 46.9 Å². The summed E-state index contributed by atoms with van der Waals surface area (Å²) in [5.74, 6) is 1.66. The lowest BCUT2D eigenvalue weighted by atomic mass is 10.6. The quantitative estimate of drug-likeness (QED) is 0.388. The molecular formula is C7H17N5S2. The van der Waals surface area contributed by atoms with Crippen molar-refractivity contribution in [3.05, 3.63) is 0 Å². The maximum atomic E-state index is 7.01. The number of hydrogen-bond donors (Lipinski definition) is 4. The summed E-state index contributed by atoms with van der Waals surface area (Å²) in [6.07, 6.45) is 0. The maximum absolute atomic E-state index is 7.01. The predicted octanol–water partition coefficient (Wildman–Crippen LogP) is 0.172. The van der Waals surface area contributed by atoms with Crippen molar-refractivity contribution < 1.29 is 0 Å². The molecule has 0 aromatic heterocycles. The Bertz CT molecular complexity index is 177. The number of amidine groups is 2. The van der Waals surface area contributed by atoms with Gasteiger partial charge in [-0.1, -0.05) is 23.5 Å². The average molecular weight is 235 g/mol. The normalized spacial score (nSPS) is 10.4. The number of hydrogen-bond acceptors (Lipinski definition) is 5. The van der Waals surface area contributed by atoms with Crippen molar-refractivity contribution in [2.24, 2.45) is 11.5 Å². The second kappa shape index (κ2) is 7.95. The molecule has 0 aliphatic heterocycles. The monoisotopic (exact) mass is 235 g/mol. The zero-order valence-corrected chi connectivity index (χ0v) is 9.88. The summed E-state index contributed by atoms with van der Waals surface area (Å²) >= 11 is 2.69. The first-order chi connectivity index (χ1) is 6.52. The molecule has 0 aliphatic carbocycles. The summed E-state index contributed by atoms with van der Waals surface area (Å²) in [6, 6.07) is 0. The van der Waals surface area contributed by atoms with E-state index in [9.17, 15) is 0 Å². The maximum Gasteiger partial charge on any atom is 0.151 e. The minimum Gasteiger partial charge on any atom is -0.379 e.